The number of ether oxygens (including phenoxy) is 2. The highest BCUT2D eigenvalue weighted by Crippen LogP contribution is 2.33. The molecule has 3 aromatic rings. The number of para-hydroxylation sites is 1. The SMILES string of the molecule is c1ccc(-c2nn3cnnc3s2)c(OCCC2CCOCC2)c1. The summed E-state index contributed by atoms with van der Waals surface area (Å²) in [5.74, 6) is 1.59. The molecule has 1 aliphatic rings. The lowest BCUT2D eigenvalue weighted by atomic mass is 9.97. The number of hydrogen-bond donors (Lipinski definition) is 0. The van der Waals surface area contributed by atoms with Crippen molar-refractivity contribution in [2.24, 2.45) is 5.92 Å². The molecule has 1 aromatic carbocycles. The normalized spacial score (nSPS) is 16.0. The average Bonchev–Trinajstić information content (AvgIpc) is 3.18. The summed E-state index contributed by atoms with van der Waals surface area (Å²) in [5, 5.41) is 13.3. The Balaban J connectivity index is 1.47. The fourth-order valence-corrected chi connectivity index (χ4v) is 3.66. The molecule has 4 rings (SSSR count). The number of aromatic nitrogens is 4. The third-order valence-electron chi connectivity index (χ3n) is 4.13. The maximum absolute atomic E-state index is 6.05. The second kappa shape index (κ2) is 6.64. The van der Waals surface area contributed by atoms with E-state index in [-0.39, 0.29) is 0 Å². The van der Waals surface area contributed by atoms with E-state index in [2.05, 4.69) is 15.3 Å². The zero-order valence-corrected chi connectivity index (χ0v) is 13.5. The minimum atomic E-state index is 0.713. The monoisotopic (exact) mass is 330 g/mol. The maximum atomic E-state index is 6.05. The van der Waals surface area contributed by atoms with Crippen LogP contribution < -0.4 is 4.74 Å². The van der Waals surface area contributed by atoms with E-state index in [1.165, 1.54) is 11.3 Å². The van der Waals surface area contributed by atoms with E-state index in [1.807, 2.05) is 24.3 Å². The summed E-state index contributed by atoms with van der Waals surface area (Å²) in [5.41, 5.74) is 1.01. The van der Waals surface area contributed by atoms with Gasteiger partial charge in [0.2, 0.25) is 4.96 Å². The molecule has 1 saturated heterocycles. The summed E-state index contributed by atoms with van der Waals surface area (Å²) in [4.78, 5) is 0.789. The summed E-state index contributed by atoms with van der Waals surface area (Å²) in [7, 11) is 0. The van der Waals surface area contributed by atoms with Crippen molar-refractivity contribution in [3.63, 3.8) is 0 Å². The Labute approximate surface area is 138 Å². The predicted octanol–water partition coefficient (Wildman–Crippen LogP) is 3.05. The van der Waals surface area contributed by atoms with Gasteiger partial charge < -0.3 is 9.47 Å². The van der Waals surface area contributed by atoms with Crippen LogP contribution in [0.5, 0.6) is 5.75 Å². The van der Waals surface area contributed by atoms with Crippen molar-refractivity contribution >= 4 is 16.3 Å². The van der Waals surface area contributed by atoms with Gasteiger partial charge in [-0.25, -0.2) is 0 Å². The summed E-state index contributed by atoms with van der Waals surface area (Å²) in [6, 6.07) is 8.04. The molecule has 0 aliphatic carbocycles. The van der Waals surface area contributed by atoms with Crippen molar-refractivity contribution in [2.45, 2.75) is 19.3 Å². The third kappa shape index (κ3) is 3.20. The van der Waals surface area contributed by atoms with Crippen LogP contribution in [-0.4, -0.2) is 39.6 Å². The molecule has 7 heteroatoms. The quantitative estimate of drug-likeness (QED) is 0.719. The number of rotatable bonds is 5. The topological polar surface area (TPSA) is 61.5 Å². The maximum Gasteiger partial charge on any atom is 0.234 e. The van der Waals surface area contributed by atoms with Crippen molar-refractivity contribution in [3.05, 3.63) is 30.6 Å². The van der Waals surface area contributed by atoms with Gasteiger partial charge in [-0.05, 0) is 37.3 Å². The second-order valence-corrected chi connectivity index (χ2v) is 6.61. The minimum Gasteiger partial charge on any atom is -0.493 e. The fraction of sp³-hybridized carbons (Fsp3) is 0.438. The van der Waals surface area contributed by atoms with Crippen LogP contribution in [0.15, 0.2) is 30.6 Å². The zero-order chi connectivity index (χ0) is 15.5. The molecule has 120 valence electrons. The van der Waals surface area contributed by atoms with Gasteiger partial charge in [0.15, 0.2) is 5.01 Å². The Morgan fingerprint density at radius 2 is 2.13 bits per heavy atom. The molecule has 0 spiro atoms. The van der Waals surface area contributed by atoms with Crippen LogP contribution in [0, 0.1) is 5.92 Å². The van der Waals surface area contributed by atoms with Gasteiger partial charge in [0, 0.05) is 13.2 Å². The van der Waals surface area contributed by atoms with E-state index in [1.54, 1.807) is 10.8 Å². The lowest BCUT2D eigenvalue weighted by Crippen LogP contribution is -2.17. The lowest BCUT2D eigenvalue weighted by Gasteiger charge is -2.22. The first kappa shape index (κ1) is 14.6. The van der Waals surface area contributed by atoms with Gasteiger partial charge >= 0.3 is 0 Å². The molecule has 0 saturated carbocycles. The molecule has 3 heterocycles. The fourth-order valence-electron chi connectivity index (χ4n) is 2.81. The van der Waals surface area contributed by atoms with Crippen LogP contribution in [0.25, 0.3) is 15.5 Å². The van der Waals surface area contributed by atoms with Gasteiger partial charge in [0.05, 0.1) is 12.2 Å². The van der Waals surface area contributed by atoms with Gasteiger partial charge in [-0.1, -0.05) is 23.5 Å². The Kier molecular flexibility index (Phi) is 4.21. The molecule has 0 radical (unpaired) electrons. The Bertz CT molecular complexity index is 751. The van der Waals surface area contributed by atoms with Crippen molar-refractivity contribution in [1.82, 2.24) is 19.8 Å². The van der Waals surface area contributed by atoms with E-state index in [4.69, 9.17) is 9.47 Å². The van der Waals surface area contributed by atoms with Gasteiger partial charge in [-0.2, -0.15) is 9.61 Å². The molecule has 0 atom stereocenters. The minimum absolute atomic E-state index is 0.713. The van der Waals surface area contributed by atoms with Crippen molar-refractivity contribution in [2.75, 3.05) is 19.8 Å². The Morgan fingerprint density at radius 1 is 1.26 bits per heavy atom. The van der Waals surface area contributed by atoms with Crippen LogP contribution in [0.1, 0.15) is 19.3 Å². The number of fused-ring (bicyclic) bond motifs is 1. The largest absolute Gasteiger partial charge is 0.493 e. The molecular formula is C16H18N4O2S. The average molecular weight is 330 g/mol. The standard InChI is InChI=1S/C16H18N4O2S/c1-2-4-14(22-10-7-12-5-8-21-9-6-12)13(3-1)15-19-20-11-17-18-16(20)23-15/h1-4,11-12H,5-10H2. The van der Waals surface area contributed by atoms with E-state index >= 15 is 0 Å². The molecule has 6 nitrogen and oxygen atoms in total. The first-order valence-corrected chi connectivity index (χ1v) is 8.68. The summed E-state index contributed by atoms with van der Waals surface area (Å²) >= 11 is 1.51. The smallest absolute Gasteiger partial charge is 0.234 e. The first-order chi connectivity index (χ1) is 11.4. The molecule has 0 N–H and O–H groups in total. The van der Waals surface area contributed by atoms with Gasteiger partial charge in [0.1, 0.15) is 12.1 Å². The lowest BCUT2D eigenvalue weighted by molar-refractivity contribution is 0.0594. The highest BCUT2D eigenvalue weighted by Gasteiger charge is 2.15. The van der Waals surface area contributed by atoms with Crippen LogP contribution in [0.4, 0.5) is 0 Å². The number of benzene rings is 1. The predicted molar refractivity (Wildman–Crippen MR) is 87.8 cm³/mol. The molecular weight excluding hydrogens is 312 g/mol. The van der Waals surface area contributed by atoms with E-state index in [0.29, 0.717) is 5.92 Å². The molecule has 1 fully saturated rings. The zero-order valence-electron chi connectivity index (χ0n) is 12.7. The van der Waals surface area contributed by atoms with Gasteiger partial charge in [-0.15, -0.1) is 10.2 Å². The van der Waals surface area contributed by atoms with E-state index in [9.17, 15) is 0 Å². The van der Waals surface area contributed by atoms with Crippen LogP contribution in [0.2, 0.25) is 0 Å². The number of hydrogen-bond acceptors (Lipinski definition) is 6. The van der Waals surface area contributed by atoms with E-state index < -0.39 is 0 Å². The Morgan fingerprint density at radius 3 is 3.00 bits per heavy atom. The summed E-state index contributed by atoms with van der Waals surface area (Å²) in [6.07, 6.45) is 4.97. The summed E-state index contributed by atoms with van der Waals surface area (Å²) in [6.45, 7) is 2.49. The molecule has 2 aromatic heterocycles. The second-order valence-electron chi connectivity index (χ2n) is 5.65. The molecule has 0 bridgehead atoms. The van der Waals surface area contributed by atoms with Crippen LogP contribution in [0.3, 0.4) is 0 Å². The molecule has 1 aliphatic heterocycles. The first-order valence-electron chi connectivity index (χ1n) is 7.87. The highest BCUT2D eigenvalue weighted by molar-refractivity contribution is 7.19. The van der Waals surface area contributed by atoms with Crippen molar-refractivity contribution in [3.8, 4) is 16.3 Å². The van der Waals surface area contributed by atoms with E-state index in [0.717, 1.165) is 60.4 Å². The number of nitrogens with zero attached hydrogens (tertiary/aromatic N) is 4. The van der Waals surface area contributed by atoms with Gasteiger partial charge in [-0.3, -0.25) is 0 Å². The third-order valence-corrected chi connectivity index (χ3v) is 5.08. The highest BCUT2D eigenvalue weighted by atomic mass is 32.1. The summed E-state index contributed by atoms with van der Waals surface area (Å²) < 4.78 is 13.1. The molecule has 23 heavy (non-hydrogen) atoms. The van der Waals surface area contributed by atoms with Crippen molar-refractivity contribution < 1.29 is 9.47 Å². The Hall–Kier alpha value is -1.99. The van der Waals surface area contributed by atoms with Crippen molar-refractivity contribution in [1.29, 1.82) is 0 Å². The van der Waals surface area contributed by atoms with Crippen LogP contribution >= 0.6 is 11.3 Å². The van der Waals surface area contributed by atoms with Crippen LogP contribution in [-0.2, 0) is 4.74 Å². The van der Waals surface area contributed by atoms with Gasteiger partial charge in [0.25, 0.3) is 0 Å². The molecule has 0 amide bonds. The molecule has 0 unspecified atom stereocenters.